The molecule has 0 aromatic rings. The first-order chi connectivity index (χ1) is 8.20. The van der Waals surface area contributed by atoms with Gasteiger partial charge in [-0.15, -0.1) is 0 Å². The lowest BCUT2D eigenvalue weighted by Gasteiger charge is -2.03. The minimum absolute atomic E-state index is 0.197. The standard InChI is InChI=1S/C11H20O4S2/c12-10(14-6-8-16)4-2-1-3-5-11(13)15-7-9-17/h16-17H,1-9H2. The summed E-state index contributed by atoms with van der Waals surface area (Å²) in [4.78, 5) is 22.2. The first-order valence-electron chi connectivity index (χ1n) is 5.73. The van der Waals surface area contributed by atoms with Gasteiger partial charge in [-0.3, -0.25) is 9.59 Å². The Hall–Kier alpha value is -0.360. The van der Waals surface area contributed by atoms with Crippen LogP contribution in [-0.2, 0) is 19.1 Å². The van der Waals surface area contributed by atoms with E-state index in [1.54, 1.807) is 0 Å². The molecule has 0 unspecified atom stereocenters. The average Bonchev–Trinajstić information content (AvgIpc) is 2.33. The second kappa shape index (κ2) is 12.1. The summed E-state index contributed by atoms with van der Waals surface area (Å²) in [6, 6.07) is 0. The monoisotopic (exact) mass is 280 g/mol. The Kier molecular flexibility index (Phi) is 11.8. The zero-order valence-electron chi connectivity index (χ0n) is 9.89. The number of hydrogen-bond donors (Lipinski definition) is 2. The molecular formula is C11H20O4S2. The summed E-state index contributed by atoms with van der Waals surface area (Å²) in [5.74, 6) is 0.694. The number of unbranched alkanes of at least 4 members (excludes halogenated alkanes) is 2. The molecule has 0 saturated carbocycles. The van der Waals surface area contributed by atoms with Gasteiger partial charge in [0.2, 0.25) is 0 Å². The van der Waals surface area contributed by atoms with Crippen molar-refractivity contribution in [2.24, 2.45) is 0 Å². The Labute approximate surface area is 113 Å². The average molecular weight is 280 g/mol. The largest absolute Gasteiger partial charge is 0.465 e. The minimum atomic E-state index is -0.197. The van der Waals surface area contributed by atoms with Crippen molar-refractivity contribution in [3.63, 3.8) is 0 Å². The molecule has 0 atom stereocenters. The maximum atomic E-state index is 11.1. The summed E-state index contributed by atoms with van der Waals surface area (Å²) in [5, 5.41) is 0. The second-order valence-corrected chi connectivity index (χ2v) is 4.34. The van der Waals surface area contributed by atoms with Crippen molar-refractivity contribution in [3.05, 3.63) is 0 Å². The second-order valence-electron chi connectivity index (χ2n) is 3.45. The van der Waals surface area contributed by atoms with E-state index >= 15 is 0 Å². The van der Waals surface area contributed by atoms with Crippen LogP contribution in [-0.4, -0.2) is 36.7 Å². The molecule has 100 valence electrons. The van der Waals surface area contributed by atoms with Crippen molar-refractivity contribution in [3.8, 4) is 0 Å². The number of carbonyl (C=O) groups is 2. The van der Waals surface area contributed by atoms with Gasteiger partial charge >= 0.3 is 11.9 Å². The molecule has 0 N–H and O–H groups in total. The van der Waals surface area contributed by atoms with Gasteiger partial charge in [0.15, 0.2) is 0 Å². The van der Waals surface area contributed by atoms with Crippen LogP contribution < -0.4 is 0 Å². The molecule has 0 fully saturated rings. The Morgan fingerprint density at radius 3 is 1.53 bits per heavy atom. The summed E-state index contributed by atoms with van der Waals surface area (Å²) < 4.78 is 9.71. The highest BCUT2D eigenvalue weighted by molar-refractivity contribution is 7.80. The quantitative estimate of drug-likeness (QED) is 0.364. The van der Waals surface area contributed by atoms with E-state index in [4.69, 9.17) is 9.47 Å². The third-order valence-electron chi connectivity index (χ3n) is 1.97. The number of ether oxygens (including phenoxy) is 2. The molecule has 0 saturated heterocycles. The number of esters is 2. The highest BCUT2D eigenvalue weighted by Gasteiger charge is 2.04. The van der Waals surface area contributed by atoms with Gasteiger partial charge in [0, 0.05) is 24.3 Å². The lowest BCUT2D eigenvalue weighted by Crippen LogP contribution is -2.07. The Morgan fingerprint density at radius 2 is 1.18 bits per heavy atom. The molecule has 0 radical (unpaired) electrons. The summed E-state index contributed by atoms with van der Waals surface area (Å²) in [5.41, 5.74) is 0. The highest BCUT2D eigenvalue weighted by Crippen LogP contribution is 2.05. The normalized spacial score (nSPS) is 10.0. The van der Waals surface area contributed by atoms with E-state index in [1.165, 1.54) is 0 Å². The van der Waals surface area contributed by atoms with Crippen LogP contribution in [0.4, 0.5) is 0 Å². The van der Waals surface area contributed by atoms with Gasteiger partial charge in [0.1, 0.15) is 13.2 Å². The van der Waals surface area contributed by atoms with E-state index in [1.807, 2.05) is 0 Å². The fourth-order valence-electron chi connectivity index (χ4n) is 1.18. The molecule has 0 aliphatic carbocycles. The molecule has 0 bridgehead atoms. The Bertz CT molecular complexity index is 200. The Morgan fingerprint density at radius 1 is 0.765 bits per heavy atom. The molecule has 0 aliphatic heterocycles. The molecule has 0 aliphatic rings. The maximum Gasteiger partial charge on any atom is 0.305 e. The highest BCUT2D eigenvalue weighted by atomic mass is 32.1. The summed E-state index contributed by atoms with van der Waals surface area (Å²) in [6.45, 7) is 0.718. The molecule has 0 heterocycles. The summed E-state index contributed by atoms with van der Waals surface area (Å²) in [7, 11) is 0. The fourth-order valence-corrected chi connectivity index (χ4v) is 1.36. The first-order valence-corrected chi connectivity index (χ1v) is 7.00. The van der Waals surface area contributed by atoms with E-state index in [2.05, 4.69) is 25.3 Å². The van der Waals surface area contributed by atoms with Crippen molar-refractivity contribution < 1.29 is 19.1 Å². The van der Waals surface area contributed by atoms with Gasteiger partial charge in [-0.05, 0) is 12.8 Å². The number of thiol groups is 2. The maximum absolute atomic E-state index is 11.1. The molecule has 0 spiro atoms. The van der Waals surface area contributed by atoms with Crippen LogP contribution in [0.1, 0.15) is 32.1 Å². The van der Waals surface area contributed by atoms with E-state index in [-0.39, 0.29) is 11.9 Å². The van der Waals surface area contributed by atoms with E-state index in [0.29, 0.717) is 37.6 Å². The molecular weight excluding hydrogens is 260 g/mol. The minimum Gasteiger partial charge on any atom is -0.465 e. The number of hydrogen-bond acceptors (Lipinski definition) is 6. The van der Waals surface area contributed by atoms with Crippen molar-refractivity contribution in [2.75, 3.05) is 24.7 Å². The van der Waals surface area contributed by atoms with Gasteiger partial charge < -0.3 is 9.47 Å². The summed E-state index contributed by atoms with van der Waals surface area (Å²) >= 11 is 7.87. The van der Waals surface area contributed by atoms with Gasteiger partial charge in [-0.1, -0.05) is 6.42 Å². The van der Waals surface area contributed by atoms with Crippen LogP contribution >= 0.6 is 25.3 Å². The topological polar surface area (TPSA) is 52.6 Å². The van der Waals surface area contributed by atoms with Crippen molar-refractivity contribution >= 4 is 37.2 Å². The van der Waals surface area contributed by atoms with E-state index in [0.717, 1.165) is 19.3 Å². The van der Waals surface area contributed by atoms with Crippen LogP contribution in [0.3, 0.4) is 0 Å². The van der Waals surface area contributed by atoms with Crippen LogP contribution in [0, 0.1) is 0 Å². The molecule has 0 aromatic heterocycles. The molecule has 0 amide bonds. The predicted octanol–water partition coefficient (Wildman–Crippen LogP) is 1.88. The van der Waals surface area contributed by atoms with Gasteiger partial charge in [0.05, 0.1) is 0 Å². The fraction of sp³-hybridized carbons (Fsp3) is 0.818. The molecule has 0 rings (SSSR count). The molecule has 0 aromatic carbocycles. The van der Waals surface area contributed by atoms with Crippen LogP contribution in [0.15, 0.2) is 0 Å². The third-order valence-corrected chi connectivity index (χ3v) is 2.34. The van der Waals surface area contributed by atoms with E-state index < -0.39 is 0 Å². The molecule has 6 heteroatoms. The van der Waals surface area contributed by atoms with E-state index in [9.17, 15) is 9.59 Å². The first kappa shape index (κ1) is 16.6. The van der Waals surface area contributed by atoms with Crippen molar-refractivity contribution in [1.29, 1.82) is 0 Å². The van der Waals surface area contributed by atoms with Crippen LogP contribution in [0.5, 0.6) is 0 Å². The third kappa shape index (κ3) is 11.9. The molecule has 17 heavy (non-hydrogen) atoms. The zero-order valence-corrected chi connectivity index (χ0v) is 11.7. The van der Waals surface area contributed by atoms with Gasteiger partial charge in [-0.25, -0.2) is 0 Å². The van der Waals surface area contributed by atoms with Crippen molar-refractivity contribution in [2.45, 2.75) is 32.1 Å². The van der Waals surface area contributed by atoms with Crippen molar-refractivity contribution in [1.82, 2.24) is 0 Å². The molecule has 4 nitrogen and oxygen atoms in total. The predicted molar refractivity (Wildman–Crippen MR) is 72.7 cm³/mol. The summed E-state index contributed by atoms with van der Waals surface area (Å²) in [6.07, 6.45) is 3.11. The Balaban J connectivity index is 3.28. The number of rotatable bonds is 10. The lowest BCUT2D eigenvalue weighted by molar-refractivity contribution is -0.143. The zero-order chi connectivity index (χ0) is 12.9. The lowest BCUT2D eigenvalue weighted by atomic mass is 10.1. The van der Waals surface area contributed by atoms with Gasteiger partial charge in [-0.2, -0.15) is 25.3 Å². The van der Waals surface area contributed by atoms with Gasteiger partial charge in [0.25, 0.3) is 0 Å². The van der Waals surface area contributed by atoms with Crippen LogP contribution in [0.2, 0.25) is 0 Å². The number of carbonyl (C=O) groups excluding carboxylic acids is 2. The van der Waals surface area contributed by atoms with Crippen LogP contribution in [0.25, 0.3) is 0 Å². The smallest absolute Gasteiger partial charge is 0.305 e. The SMILES string of the molecule is O=C(CCCCCC(=O)OCCS)OCCS.